The number of ether oxygens (including phenoxy) is 1. The SMILES string of the molecule is CCCCCCCC1CCC(c2ccc(-c3ccc(-c4ccc(CCCC)c(F)c4F)cc3)c(F)c2F)CO1. The standard InChI is InChI=1S/C34H40F4O/c1-3-5-7-8-9-11-27-18-16-26(22-39-27)30-21-20-29(33(37)34(30)38)24-14-12-23(13-15-24)28-19-17-25(10-6-4-2)31(35)32(28)36/h12-15,17,19-21,26-27H,3-11,16,18,22H2,1-2H3. The Morgan fingerprint density at radius 3 is 1.87 bits per heavy atom. The van der Waals surface area contributed by atoms with E-state index in [1.54, 1.807) is 48.5 Å². The van der Waals surface area contributed by atoms with Crippen molar-refractivity contribution in [1.29, 1.82) is 0 Å². The minimum absolute atomic E-state index is 0.144. The van der Waals surface area contributed by atoms with Crippen molar-refractivity contribution in [1.82, 2.24) is 0 Å². The minimum atomic E-state index is -0.893. The van der Waals surface area contributed by atoms with Gasteiger partial charge in [0.15, 0.2) is 23.3 Å². The van der Waals surface area contributed by atoms with Gasteiger partial charge in [0, 0.05) is 17.0 Å². The predicted molar refractivity (Wildman–Crippen MR) is 151 cm³/mol. The minimum Gasteiger partial charge on any atom is -0.378 e. The lowest BCUT2D eigenvalue weighted by molar-refractivity contribution is -0.00283. The van der Waals surface area contributed by atoms with E-state index in [2.05, 4.69) is 6.92 Å². The van der Waals surface area contributed by atoms with Crippen molar-refractivity contribution < 1.29 is 22.3 Å². The molecule has 1 saturated heterocycles. The summed E-state index contributed by atoms with van der Waals surface area (Å²) in [5.41, 5.74) is 1.98. The lowest BCUT2D eigenvalue weighted by Crippen LogP contribution is -2.25. The van der Waals surface area contributed by atoms with Gasteiger partial charge in [-0.25, -0.2) is 17.6 Å². The Kier molecular flexibility index (Phi) is 10.6. The van der Waals surface area contributed by atoms with Crippen LogP contribution < -0.4 is 0 Å². The van der Waals surface area contributed by atoms with Crippen LogP contribution in [0.15, 0.2) is 48.5 Å². The van der Waals surface area contributed by atoms with Crippen molar-refractivity contribution in [2.24, 2.45) is 0 Å². The molecule has 0 aliphatic carbocycles. The van der Waals surface area contributed by atoms with Gasteiger partial charge < -0.3 is 4.74 Å². The molecule has 0 radical (unpaired) electrons. The second-order valence-electron chi connectivity index (χ2n) is 10.8. The van der Waals surface area contributed by atoms with Gasteiger partial charge in [-0.15, -0.1) is 0 Å². The molecule has 0 bridgehead atoms. The van der Waals surface area contributed by atoms with Crippen LogP contribution in [-0.2, 0) is 11.2 Å². The smallest absolute Gasteiger partial charge is 0.166 e. The summed E-state index contributed by atoms with van der Waals surface area (Å²) in [6.45, 7) is 4.61. The van der Waals surface area contributed by atoms with Crippen LogP contribution >= 0.6 is 0 Å². The Bertz CT molecular complexity index is 1210. The first-order chi connectivity index (χ1) is 18.9. The van der Waals surface area contributed by atoms with Gasteiger partial charge in [0.25, 0.3) is 0 Å². The lowest BCUT2D eigenvalue weighted by atomic mass is 9.88. The molecule has 2 atom stereocenters. The van der Waals surface area contributed by atoms with Gasteiger partial charge in [-0.3, -0.25) is 0 Å². The van der Waals surface area contributed by atoms with Crippen LogP contribution in [0.2, 0.25) is 0 Å². The Morgan fingerprint density at radius 1 is 0.641 bits per heavy atom. The molecule has 1 nitrogen and oxygen atoms in total. The third-order valence-electron chi connectivity index (χ3n) is 8.02. The van der Waals surface area contributed by atoms with Crippen molar-refractivity contribution in [3.63, 3.8) is 0 Å². The lowest BCUT2D eigenvalue weighted by Gasteiger charge is -2.30. The second kappa shape index (κ2) is 14.1. The van der Waals surface area contributed by atoms with Gasteiger partial charge in [-0.1, -0.05) is 101 Å². The van der Waals surface area contributed by atoms with Gasteiger partial charge in [0.1, 0.15) is 0 Å². The zero-order chi connectivity index (χ0) is 27.8. The molecule has 0 aromatic heterocycles. The molecule has 210 valence electrons. The van der Waals surface area contributed by atoms with E-state index in [4.69, 9.17) is 4.74 Å². The summed E-state index contributed by atoms with van der Waals surface area (Å²) in [6, 6.07) is 12.9. The van der Waals surface area contributed by atoms with Gasteiger partial charge >= 0.3 is 0 Å². The Balaban J connectivity index is 1.42. The van der Waals surface area contributed by atoms with Crippen LogP contribution in [0.25, 0.3) is 22.3 Å². The monoisotopic (exact) mass is 540 g/mol. The van der Waals surface area contributed by atoms with Crippen molar-refractivity contribution >= 4 is 0 Å². The maximum absolute atomic E-state index is 15.2. The largest absolute Gasteiger partial charge is 0.378 e. The zero-order valence-corrected chi connectivity index (χ0v) is 23.2. The van der Waals surface area contributed by atoms with E-state index >= 15 is 8.78 Å². The van der Waals surface area contributed by atoms with Gasteiger partial charge in [0.05, 0.1) is 12.7 Å². The summed E-state index contributed by atoms with van der Waals surface area (Å²) in [4.78, 5) is 0. The third kappa shape index (κ3) is 7.11. The number of hydrogen-bond donors (Lipinski definition) is 0. The summed E-state index contributed by atoms with van der Waals surface area (Å²) in [7, 11) is 0. The summed E-state index contributed by atoms with van der Waals surface area (Å²) in [5.74, 6) is -3.59. The normalized spacial score (nSPS) is 17.5. The van der Waals surface area contributed by atoms with E-state index in [0.29, 0.717) is 35.3 Å². The molecule has 0 spiro atoms. The summed E-state index contributed by atoms with van der Waals surface area (Å²) >= 11 is 0. The molecule has 1 aliphatic heterocycles. The van der Waals surface area contributed by atoms with Crippen molar-refractivity contribution in [2.75, 3.05) is 6.61 Å². The molecule has 0 N–H and O–H groups in total. The highest BCUT2D eigenvalue weighted by atomic mass is 19.2. The van der Waals surface area contributed by atoms with E-state index in [-0.39, 0.29) is 23.1 Å². The zero-order valence-electron chi connectivity index (χ0n) is 23.2. The Morgan fingerprint density at radius 2 is 1.26 bits per heavy atom. The predicted octanol–water partition coefficient (Wildman–Crippen LogP) is 10.5. The maximum Gasteiger partial charge on any atom is 0.166 e. The molecule has 4 rings (SSSR count). The van der Waals surface area contributed by atoms with Gasteiger partial charge in [-0.2, -0.15) is 0 Å². The number of hydrogen-bond acceptors (Lipinski definition) is 1. The fourth-order valence-corrected chi connectivity index (χ4v) is 5.56. The molecule has 0 saturated carbocycles. The molecule has 3 aromatic rings. The second-order valence-corrected chi connectivity index (χ2v) is 10.8. The van der Waals surface area contributed by atoms with Gasteiger partial charge in [-0.05, 0) is 54.4 Å². The molecule has 1 fully saturated rings. The molecular formula is C34H40F4O. The fourth-order valence-electron chi connectivity index (χ4n) is 5.56. The van der Waals surface area contributed by atoms with Crippen molar-refractivity contribution in [3.05, 3.63) is 82.9 Å². The quantitative estimate of drug-likeness (QED) is 0.164. The van der Waals surface area contributed by atoms with Crippen LogP contribution in [-0.4, -0.2) is 12.7 Å². The average molecular weight is 541 g/mol. The first-order valence-electron chi connectivity index (χ1n) is 14.6. The van der Waals surface area contributed by atoms with Crippen LogP contribution in [0.4, 0.5) is 17.6 Å². The van der Waals surface area contributed by atoms with Crippen LogP contribution in [0.3, 0.4) is 0 Å². The highest BCUT2D eigenvalue weighted by Crippen LogP contribution is 2.36. The molecule has 1 aliphatic rings. The van der Waals surface area contributed by atoms with Crippen molar-refractivity contribution in [2.45, 2.75) is 96.5 Å². The number of halogens is 4. The number of benzene rings is 3. The fraction of sp³-hybridized carbons (Fsp3) is 0.471. The number of rotatable bonds is 12. The first-order valence-corrected chi connectivity index (χ1v) is 14.6. The Labute approximate surface area is 230 Å². The molecule has 2 unspecified atom stereocenters. The third-order valence-corrected chi connectivity index (χ3v) is 8.02. The topological polar surface area (TPSA) is 9.23 Å². The molecule has 5 heteroatoms. The average Bonchev–Trinajstić information content (AvgIpc) is 2.96. The molecule has 0 amide bonds. The summed E-state index contributed by atoms with van der Waals surface area (Å²) < 4.78 is 65.7. The van der Waals surface area contributed by atoms with Crippen LogP contribution in [0.5, 0.6) is 0 Å². The molecule has 39 heavy (non-hydrogen) atoms. The van der Waals surface area contributed by atoms with E-state index in [1.807, 2.05) is 6.92 Å². The van der Waals surface area contributed by atoms with Crippen molar-refractivity contribution in [3.8, 4) is 22.3 Å². The maximum atomic E-state index is 15.2. The molecular weight excluding hydrogens is 500 g/mol. The van der Waals surface area contributed by atoms with E-state index in [1.165, 1.54) is 25.7 Å². The number of aryl methyl sites for hydroxylation is 1. The Hall–Kier alpha value is -2.66. The summed E-state index contributed by atoms with van der Waals surface area (Å²) in [5, 5.41) is 0. The van der Waals surface area contributed by atoms with Crippen LogP contribution in [0.1, 0.15) is 95.1 Å². The van der Waals surface area contributed by atoms with Gasteiger partial charge in [0.2, 0.25) is 0 Å². The van der Waals surface area contributed by atoms with Crippen LogP contribution in [0, 0.1) is 23.3 Å². The molecule has 3 aromatic carbocycles. The van der Waals surface area contributed by atoms with E-state index in [9.17, 15) is 8.78 Å². The summed E-state index contributed by atoms with van der Waals surface area (Å²) in [6.07, 6.45) is 11.2. The highest BCUT2D eigenvalue weighted by molar-refractivity contribution is 5.71. The highest BCUT2D eigenvalue weighted by Gasteiger charge is 2.27. The van der Waals surface area contributed by atoms with E-state index in [0.717, 1.165) is 38.5 Å². The molecule has 1 heterocycles. The van der Waals surface area contributed by atoms with E-state index < -0.39 is 23.3 Å². The number of unbranched alkanes of at least 4 members (excludes halogenated alkanes) is 5. The first kappa shape index (κ1) is 29.3.